The normalized spacial score (nSPS) is 12.9. The van der Waals surface area contributed by atoms with E-state index in [0.717, 1.165) is 5.57 Å². The largest absolute Gasteiger partial charge is 0.434 e. The standard InChI is InChI=1S/C15H21F2NO/c1-11(10-18-15(2,3)4)9-12-7-5-6-8-13(12)19-14(16)17/h5-9,14,18H,10H2,1-4H3. The van der Waals surface area contributed by atoms with Gasteiger partial charge in [-0.25, -0.2) is 0 Å². The van der Waals surface area contributed by atoms with Crippen LogP contribution in [0, 0.1) is 0 Å². The summed E-state index contributed by atoms with van der Waals surface area (Å²) in [6.45, 7) is 6.09. The highest BCUT2D eigenvalue weighted by atomic mass is 19.3. The molecular formula is C15H21F2NO. The smallest absolute Gasteiger partial charge is 0.387 e. The van der Waals surface area contributed by atoms with E-state index in [0.29, 0.717) is 12.1 Å². The molecule has 19 heavy (non-hydrogen) atoms. The van der Waals surface area contributed by atoms with Gasteiger partial charge in [0.25, 0.3) is 0 Å². The second-order valence-electron chi connectivity index (χ2n) is 5.51. The molecule has 0 atom stereocenters. The van der Waals surface area contributed by atoms with E-state index in [9.17, 15) is 8.78 Å². The number of benzene rings is 1. The SMILES string of the molecule is CC(=Cc1ccccc1OC(F)F)CNC(C)(C)C. The Morgan fingerprint density at radius 2 is 1.95 bits per heavy atom. The van der Waals surface area contributed by atoms with Gasteiger partial charge in [-0.1, -0.05) is 29.8 Å². The number of hydrogen-bond donors (Lipinski definition) is 1. The van der Waals surface area contributed by atoms with E-state index in [1.165, 1.54) is 0 Å². The summed E-state index contributed by atoms with van der Waals surface area (Å²) >= 11 is 0. The summed E-state index contributed by atoms with van der Waals surface area (Å²) in [5.74, 6) is 0.201. The second-order valence-corrected chi connectivity index (χ2v) is 5.51. The van der Waals surface area contributed by atoms with Crippen LogP contribution in [0.25, 0.3) is 6.08 Å². The predicted molar refractivity (Wildman–Crippen MR) is 74.5 cm³/mol. The molecule has 1 N–H and O–H groups in total. The Bertz CT molecular complexity index is 436. The molecule has 1 aromatic rings. The summed E-state index contributed by atoms with van der Waals surface area (Å²) in [6.07, 6.45) is 1.86. The molecule has 0 aliphatic carbocycles. The minimum Gasteiger partial charge on any atom is -0.434 e. The molecule has 0 saturated carbocycles. The molecule has 0 amide bonds. The number of hydrogen-bond acceptors (Lipinski definition) is 2. The lowest BCUT2D eigenvalue weighted by molar-refractivity contribution is -0.0499. The van der Waals surface area contributed by atoms with Gasteiger partial charge in [-0.3, -0.25) is 0 Å². The molecule has 0 aliphatic rings. The van der Waals surface area contributed by atoms with E-state index in [-0.39, 0.29) is 11.3 Å². The van der Waals surface area contributed by atoms with Gasteiger partial charge in [0, 0.05) is 17.6 Å². The Balaban J connectivity index is 2.79. The molecule has 0 bridgehead atoms. The molecular weight excluding hydrogens is 248 g/mol. The van der Waals surface area contributed by atoms with Crippen LogP contribution >= 0.6 is 0 Å². The zero-order valence-electron chi connectivity index (χ0n) is 11.8. The Hall–Kier alpha value is -1.42. The average Bonchev–Trinajstić information content (AvgIpc) is 2.27. The summed E-state index contributed by atoms with van der Waals surface area (Å²) in [5.41, 5.74) is 1.74. The van der Waals surface area contributed by atoms with E-state index < -0.39 is 6.61 Å². The van der Waals surface area contributed by atoms with Crippen molar-refractivity contribution in [1.29, 1.82) is 0 Å². The summed E-state index contributed by atoms with van der Waals surface area (Å²) < 4.78 is 29.1. The lowest BCUT2D eigenvalue weighted by atomic mass is 10.1. The molecule has 0 fully saturated rings. The van der Waals surface area contributed by atoms with Crippen LogP contribution in [-0.4, -0.2) is 18.7 Å². The van der Waals surface area contributed by atoms with E-state index in [1.807, 2.05) is 13.0 Å². The zero-order valence-corrected chi connectivity index (χ0v) is 11.8. The van der Waals surface area contributed by atoms with Crippen molar-refractivity contribution in [3.05, 3.63) is 35.4 Å². The van der Waals surface area contributed by atoms with Crippen LogP contribution in [0.3, 0.4) is 0 Å². The molecule has 0 spiro atoms. The van der Waals surface area contributed by atoms with Crippen LogP contribution in [-0.2, 0) is 0 Å². The molecule has 1 aromatic carbocycles. The molecule has 0 unspecified atom stereocenters. The third-order valence-electron chi connectivity index (χ3n) is 2.43. The highest BCUT2D eigenvalue weighted by molar-refractivity contribution is 5.59. The van der Waals surface area contributed by atoms with Gasteiger partial charge in [0.2, 0.25) is 0 Å². The van der Waals surface area contributed by atoms with Crippen LogP contribution in [0.2, 0.25) is 0 Å². The Kier molecular flexibility index (Phi) is 5.48. The fourth-order valence-electron chi connectivity index (χ4n) is 1.52. The third kappa shape index (κ3) is 6.34. The number of alkyl halides is 2. The summed E-state index contributed by atoms with van der Waals surface area (Å²) in [4.78, 5) is 0. The molecule has 0 aliphatic heterocycles. The lowest BCUT2D eigenvalue weighted by Crippen LogP contribution is -2.36. The highest BCUT2D eigenvalue weighted by Gasteiger charge is 2.10. The fraction of sp³-hybridized carbons (Fsp3) is 0.467. The maximum absolute atomic E-state index is 12.3. The highest BCUT2D eigenvalue weighted by Crippen LogP contribution is 2.22. The predicted octanol–water partition coefficient (Wildman–Crippen LogP) is 4.08. The van der Waals surface area contributed by atoms with Crippen LogP contribution in [0.5, 0.6) is 5.75 Å². The maximum atomic E-state index is 12.3. The number of rotatable bonds is 5. The van der Waals surface area contributed by atoms with Gasteiger partial charge >= 0.3 is 6.61 Å². The average molecular weight is 269 g/mol. The zero-order chi connectivity index (χ0) is 14.5. The first kappa shape index (κ1) is 15.6. The molecule has 4 heteroatoms. The topological polar surface area (TPSA) is 21.3 Å². The fourth-order valence-corrected chi connectivity index (χ4v) is 1.52. The molecule has 0 heterocycles. The Labute approximate surface area is 113 Å². The quantitative estimate of drug-likeness (QED) is 0.869. The van der Waals surface area contributed by atoms with Crippen molar-refractivity contribution >= 4 is 6.08 Å². The maximum Gasteiger partial charge on any atom is 0.387 e. The monoisotopic (exact) mass is 269 g/mol. The molecule has 0 radical (unpaired) electrons. The van der Waals surface area contributed by atoms with Crippen molar-refractivity contribution in [2.75, 3.05) is 6.54 Å². The first-order valence-corrected chi connectivity index (χ1v) is 6.24. The first-order valence-electron chi connectivity index (χ1n) is 6.24. The van der Waals surface area contributed by atoms with Crippen LogP contribution in [0.4, 0.5) is 8.78 Å². The van der Waals surface area contributed by atoms with Crippen molar-refractivity contribution in [2.24, 2.45) is 0 Å². The van der Waals surface area contributed by atoms with E-state index in [1.54, 1.807) is 24.3 Å². The molecule has 0 saturated heterocycles. The van der Waals surface area contributed by atoms with Gasteiger partial charge in [-0.15, -0.1) is 0 Å². The number of halogens is 2. The van der Waals surface area contributed by atoms with Crippen molar-refractivity contribution in [3.8, 4) is 5.75 Å². The van der Waals surface area contributed by atoms with E-state index in [4.69, 9.17) is 0 Å². The van der Waals surface area contributed by atoms with Crippen molar-refractivity contribution < 1.29 is 13.5 Å². The van der Waals surface area contributed by atoms with Gasteiger partial charge < -0.3 is 10.1 Å². The minimum absolute atomic E-state index is 0.0219. The Morgan fingerprint density at radius 1 is 1.32 bits per heavy atom. The van der Waals surface area contributed by atoms with Gasteiger partial charge in [-0.05, 0) is 33.8 Å². The molecule has 0 aromatic heterocycles. The van der Waals surface area contributed by atoms with Crippen LogP contribution < -0.4 is 10.1 Å². The van der Waals surface area contributed by atoms with Gasteiger partial charge in [0.15, 0.2) is 0 Å². The minimum atomic E-state index is -2.80. The number of para-hydroxylation sites is 1. The van der Waals surface area contributed by atoms with Gasteiger partial charge in [-0.2, -0.15) is 8.78 Å². The molecule has 2 nitrogen and oxygen atoms in total. The third-order valence-corrected chi connectivity index (χ3v) is 2.43. The summed E-state index contributed by atoms with van der Waals surface area (Å²) in [7, 11) is 0. The van der Waals surface area contributed by atoms with Crippen LogP contribution in [0.15, 0.2) is 29.8 Å². The lowest BCUT2D eigenvalue weighted by Gasteiger charge is -2.20. The first-order chi connectivity index (χ1) is 8.78. The van der Waals surface area contributed by atoms with Crippen molar-refractivity contribution in [1.82, 2.24) is 5.32 Å². The Morgan fingerprint density at radius 3 is 2.53 bits per heavy atom. The molecule has 106 valence electrons. The van der Waals surface area contributed by atoms with Crippen molar-refractivity contribution in [3.63, 3.8) is 0 Å². The summed E-state index contributed by atoms with van der Waals surface area (Å²) in [5, 5.41) is 3.34. The summed E-state index contributed by atoms with van der Waals surface area (Å²) in [6, 6.07) is 6.78. The van der Waals surface area contributed by atoms with E-state index >= 15 is 0 Å². The van der Waals surface area contributed by atoms with Crippen molar-refractivity contribution in [2.45, 2.75) is 39.8 Å². The second kappa shape index (κ2) is 6.66. The number of nitrogens with one attached hydrogen (secondary N) is 1. The van der Waals surface area contributed by atoms with Crippen LogP contribution in [0.1, 0.15) is 33.3 Å². The van der Waals surface area contributed by atoms with E-state index in [2.05, 4.69) is 30.8 Å². The number of ether oxygens (including phenoxy) is 1. The van der Waals surface area contributed by atoms with Gasteiger partial charge in [0.05, 0.1) is 0 Å². The van der Waals surface area contributed by atoms with Gasteiger partial charge in [0.1, 0.15) is 5.75 Å². The molecule has 1 rings (SSSR count).